The maximum Gasteiger partial charge on any atom is 0.345 e. The van der Waals surface area contributed by atoms with Crippen molar-refractivity contribution in [2.45, 2.75) is 13.0 Å². The first-order chi connectivity index (χ1) is 5.63. The van der Waals surface area contributed by atoms with Crippen LogP contribution in [0.3, 0.4) is 0 Å². The summed E-state index contributed by atoms with van der Waals surface area (Å²) in [5, 5.41) is 10.7. The van der Waals surface area contributed by atoms with Gasteiger partial charge in [-0.05, 0) is 13.0 Å². The van der Waals surface area contributed by atoms with E-state index in [1.807, 2.05) is 0 Å². The van der Waals surface area contributed by atoms with E-state index in [-0.39, 0.29) is 13.2 Å². The molecule has 0 heterocycles. The Morgan fingerprint density at radius 1 is 1.58 bits per heavy atom. The molecule has 0 unspecified atom stereocenters. The minimum absolute atomic E-state index is 0.0652. The first kappa shape index (κ1) is 11.2. The molecule has 12 heavy (non-hydrogen) atoms. The number of rotatable bonds is 7. The Labute approximate surface area is 68.5 Å². The van der Waals surface area contributed by atoms with Crippen LogP contribution in [0.1, 0.15) is 6.42 Å². The van der Waals surface area contributed by atoms with E-state index in [4.69, 9.17) is 5.11 Å². The van der Waals surface area contributed by atoms with E-state index >= 15 is 0 Å². The summed E-state index contributed by atoms with van der Waals surface area (Å²) < 4.78 is 26.6. The van der Waals surface area contributed by atoms with Gasteiger partial charge in [0.2, 0.25) is 0 Å². The number of carboxylic acid groups (broad SMARTS) is 1. The first-order valence-electron chi connectivity index (χ1n) is 3.45. The summed E-state index contributed by atoms with van der Waals surface area (Å²) in [6.45, 7) is -2.61. The Morgan fingerprint density at radius 2 is 2.25 bits per heavy atom. The monoisotopic (exact) mass is 183 g/mol. The number of hydrogen-bond donors (Lipinski definition) is 2. The van der Waals surface area contributed by atoms with E-state index in [2.05, 4.69) is 10.1 Å². The normalized spacial score (nSPS) is 10.6. The van der Waals surface area contributed by atoms with Gasteiger partial charge in [0.15, 0.2) is 0 Å². The van der Waals surface area contributed by atoms with Crippen molar-refractivity contribution in [1.82, 2.24) is 5.32 Å². The van der Waals surface area contributed by atoms with E-state index < -0.39 is 12.6 Å². The van der Waals surface area contributed by atoms with Crippen LogP contribution >= 0.6 is 0 Å². The average Bonchev–Trinajstić information content (AvgIpc) is 1.95. The number of carbonyl (C=O) groups is 1. The predicted molar refractivity (Wildman–Crippen MR) is 37.1 cm³/mol. The van der Waals surface area contributed by atoms with Crippen molar-refractivity contribution >= 4 is 5.97 Å². The van der Waals surface area contributed by atoms with E-state index in [1.165, 1.54) is 0 Å². The second kappa shape index (κ2) is 6.93. The third kappa shape index (κ3) is 9.25. The van der Waals surface area contributed by atoms with Crippen LogP contribution in [0.2, 0.25) is 0 Å². The second-order valence-electron chi connectivity index (χ2n) is 2.06. The lowest BCUT2D eigenvalue weighted by Gasteiger charge is -2.02. The summed E-state index contributed by atoms with van der Waals surface area (Å²) in [4.78, 5) is 9.93. The maximum atomic E-state index is 11.3. The molecule has 0 amide bonds. The molecule has 0 aliphatic carbocycles. The molecule has 0 saturated heterocycles. The topological polar surface area (TPSA) is 58.6 Å². The summed E-state index contributed by atoms with van der Waals surface area (Å²) in [5.74, 6) is -0.968. The number of carboxylic acids is 1. The maximum absolute atomic E-state index is 11.3. The van der Waals surface area contributed by atoms with Gasteiger partial charge < -0.3 is 15.2 Å². The molecule has 0 bridgehead atoms. The highest BCUT2D eigenvalue weighted by atomic mass is 19.3. The van der Waals surface area contributed by atoms with Crippen LogP contribution in [0.25, 0.3) is 0 Å². The van der Waals surface area contributed by atoms with Crippen molar-refractivity contribution in [3.8, 4) is 0 Å². The van der Waals surface area contributed by atoms with Gasteiger partial charge in [0.25, 0.3) is 0 Å². The molecule has 0 aliphatic heterocycles. The fourth-order valence-electron chi connectivity index (χ4n) is 0.565. The molecule has 6 heteroatoms. The summed E-state index contributed by atoms with van der Waals surface area (Å²) >= 11 is 0. The summed E-state index contributed by atoms with van der Waals surface area (Å²) in [6, 6.07) is 0. The van der Waals surface area contributed by atoms with Crippen molar-refractivity contribution in [2.24, 2.45) is 0 Å². The Kier molecular flexibility index (Phi) is 6.50. The molecule has 2 N–H and O–H groups in total. The van der Waals surface area contributed by atoms with Crippen LogP contribution in [0.4, 0.5) is 8.78 Å². The van der Waals surface area contributed by atoms with Gasteiger partial charge in [0.1, 0.15) is 0 Å². The molecule has 0 radical (unpaired) electrons. The van der Waals surface area contributed by atoms with Gasteiger partial charge in [0, 0.05) is 0 Å². The average molecular weight is 183 g/mol. The molecule has 0 aromatic carbocycles. The van der Waals surface area contributed by atoms with Gasteiger partial charge in [-0.1, -0.05) is 0 Å². The Balaban J connectivity index is 2.96. The minimum Gasteiger partial charge on any atom is -0.480 e. The number of halogens is 2. The number of ether oxygens (including phenoxy) is 1. The Hall–Kier alpha value is -0.750. The van der Waals surface area contributed by atoms with Gasteiger partial charge in [-0.2, -0.15) is 8.78 Å². The fourth-order valence-corrected chi connectivity index (χ4v) is 0.565. The Morgan fingerprint density at radius 3 is 2.75 bits per heavy atom. The zero-order chi connectivity index (χ0) is 9.40. The van der Waals surface area contributed by atoms with Gasteiger partial charge in [-0.25, -0.2) is 0 Å². The molecule has 0 atom stereocenters. The van der Waals surface area contributed by atoms with Gasteiger partial charge in [-0.3, -0.25) is 4.79 Å². The molecular formula is C6H11F2NO3. The molecule has 0 spiro atoms. The van der Waals surface area contributed by atoms with Crippen LogP contribution in [0, 0.1) is 0 Å². The largest absolute Gasteiger partial charge is 0.480 e. The lowest BCUT2D eigenvalue weighted by molar-refractivity contribution is -0.136. The highest BCUT2D eigenvalue weighted by Crippen LogP contribution is 1.94. The molecular weight excluding hydrogens is 172 g/mol. The number of nitrogens with one attached hydrogen (secondary N) is 1. The lowest BCUT2D eigenvalue weighted by Crippen LogP contribution is -2.24. The fraction of sp³-hybridized carbons (Fsp3) is 0.833. The second-order valence-corrected chi connectivity index (χ2v) is 2.06. The van der Waals surface area contributed by atoms with E-state index in [0.717, 1.165) is 0 Å². The first-order valence-corrected chi connectivity index (χ1v) is 3.45. The van der Waals surface area contributed by atoms with E-state index in [0.29, 0.717) is 13.0 Å². The highest BCUT2D eigenvalue weighted by Gasteiger charge is 2.00. The van der Waals surface area contributed by atoms with Crippen LogP contribution < -0.4 is 5.32 Å². The molecule has 0 aromatic rings. The number of hydrogen-bond acceptors (Lipinski definition) is 3. The van der Waals surface area contributed by atoms with Crippen molar-refractivity contribution in [3.63, 3.8) is 0 Å². The summed E-state index contributed by atoms with van der Waals surface area (Å²) in [5.41, 5.74) is 0. The zero-order valence-electron chi connectivity index (χ0n) is 6.43. The summed E-state index contributed by atoms with van der Waals surface area (Å²) in [6.07, 6.45) is 0.373. The standard InChI is InChI=1S/C6H11F2NO3/c7-6(8)12-3-1-2-9-4-5(10)11/h6,9H,1-4H2,(H,10,11). The van der Waals surface area contributed by atoms with Crippen molar-refractivity contribution in [2.75, 3.05) is 19.7 Å². The molecule has 0 fully saturated rings. The zero-order valence-corrected chi connectivity index (χ0v) is 6.43. The van der Waals surface area contributed by atoms with Gasteiger partial charge in [0.05, 0.1) is 13.2 Å². The number of aliphatic carboxylic acids is 1. The third-order valence-electron chi connectivity index (χ3n) is 1.02. The van der Waals surface area contributed by atoms with E-state index in [1.54, 1.807) is 0 Å². The highest BCUT2D eigenvalue weighted by molar-refractivity contribution is 5.68. The van der Waals surface area contributed by atoms with E-state index in [9.17, 15) is 13.6 Å². The molecule has 0 aliphatic rings. The minimum atomic E-state index is -2.75. The molecule has 0 rings (SSSR count). The lowest BCUT2D eigenvalue weighted by atomic mass is 10.4. The molecule has 0 aromatic heterocycles. The van der Waals surface area contributed by atoms with Crippen molar-refractivity contribution < 1.29 is 23.4 Å². The van der Waals surface area contributed by atoms with Gasteiger partial charge >= 0.3 is 12.6 Å². The third-order valence-corrected chi connectivity index (χ3v) is 1.02. The Bertz CT molecular complexity index is 132. The molecule has 4 nitrogen and oxygen atoms in total. The van der Waals surface area contributed by atoms with Crippen molar-refractivity contribution in [1.29, 1.82) is 0 Å². The van der Waals surface area contributed by atoms with Crippen molar-refractivity contribution in [3.05, 3.63) is 0 Å². The summed E-state index contributed by atoms with van der Waals surface area (Å²) in [7, 11) is 0. The predicted octanol–water partition coefficient (Wildman–Crippen LogP) is 0.290. The van der Waals surface area contributed by atoms with Crippen LogP contribution in [0.15, 0.2) is 0 Å². The molecule has 0 saturated carbocycles. The van der Waals surface area contributed by atoms with Crippen LogP contribution in [-0.2, 0) is 9.53 Å². The van der Waals surface area contributed by atoms with Crippen LogP contribution in [-0.4, -0.2) is 37.4 Å². The number of alkyl halides is 2. The van der Waals surface area contributed by atoms with Gasteiger partial charge in [-0.15, -0.1) is 0 Å². The quantitative estimate of drug-likeness (QED) is 0.557. The smallest absolute Gasteiger partial charge is 0.345 e. The SMILES string of the molecule is O=C(O)CNCCCOC(F)F. The molecule has 72 valence electrons. The van der Waals surface area contributed by atoms with Crippen LogP contribution in [0.5, 0.6) is 0 Å².